The van der Waals surface area contributed by atoms with Crippen LogP contribution < -0.4 is 5.32 Å². The molecule has 0 unspecified atom stereocenters. The highest BCUT2D eigenvalue weighted by atomic mass is 16.3. The van der Waals surface area contributed by atoms with Crippen LogP contribution in [0, 0.1) is 0 Å². The Labute approximate surface area is 122 Å². The molecule has 1 amide bonds. The first kappa shape index (κ1) is 13.4. The number of para-hydroxylation sites is 2. The maximum atomic E-state index is 11.8. The molecule has 0 fully saturated rings. The smallest absolute Gasteiger partial charge is 0.224 e. The summed E-state index contributed by atoms with van der Waals surface area (Å²) in [4.78, 5) is 16.2. The third kappa shape index (κ3) is 3.48. The second-order valence-electron chi connectivity index (χ2n) is 4.84. The number of oxazole rings is 1. The molecule has 0 saturated heterocycles. The van der Waals surface area contributed by atoms with Crippen LogP contribution >= 0.6 is 0 Å². The molecule has 1 N–H and O–H groups in total. The number of amides is 1. The predicted octanol–water partition coefficient (Wildman–Crippen LogP) is 2.73. The quantitative estimate of drug-likeness (QED) is 0.782. The van der Waals surface area contributed by atoms with Crippen LogP contribution in [0.15, 0.2) is 59.0 Å². The molecule has 0 saturated carbocycles. The standard InChI is InChI=1S/C17H16N2O2/c20-16(12-13-6-2-1-3-7-13)18-11-10-17-19-14-8-4-5-9-15(14)21-17/h1-9H,10-12H2,(H,18,20). The molecule has 2 aromatic carbocycles. The highest BCUT2D eigenvalue weighted by Gasteiger charge is 2.06. The third-order valence-corrected chi connectivity index (χ3v) is 3.21. The predicted molar refractivity (Wildman–Crippen MR) is 80.9 cm³/mol. The summed E-state index contributed by atoms with van der Waals surface area (Å²) in [7, 11) is 0. The van der Waals surface area contributed by atoms with E-state index in [4.69, 9.17) is 4.42 Å². The van der Waals surface area contributed by atoms with E-state index in [0.29, 0.717) is 25.3 Å². The molecule has 4 nitrogen and oxygen atoms in total. The van der Waals surface area contributed by atoms with E-state index >= 15 is 0 Å². The summed E-state index contributed by atoms with van der Waals surface area (Å²) in [6.45, 7) is 0.526. The van der Waals surface area contributed by atoms with Gasteiger partial charge in [-0.3, -0.25) is 4.79 Å². The zero-order chi connectivity index (χ0) is 14.5. The zero-order valence-corrected chi connectivity index (χ0v) is 11.6. The SMILES string of the molecule is O=C(Cc1ccccc1)NCCc1nc2ccccc2o1. The van der Waals surface area contributed by atoms with Crippen molar-refractivity contribution in [1.29, 1.82) is 0 Å². The Morgan fingerprint density at radius 3 is 2.62 bits per heavy atom. The van der Waals surface area contributed by atoms with E-state index in [1.54, 1.807) is 0 Å². The molecule has 1 heterocycles. The molecule has 4 heteroatoms. The second-order valence-corrected chi connectivity index (χ2v) is 4.84. The summed E-state index contributed by atoms with van der Waals surface area (Å²) in [6, 6.07) is 17.3. The summed E-state index contributed by atoms with van der Waals surface area (Å²) in [5.74, 6) is 0.661. The lowest BCUT2D eigenvalue weighted by molar-refractivity contribution is -0.120. The highest BCUT2D eigenvalue weighted by Crippen LogP contribution is 2.14. The van der Waals surface area contributed by atoms with Crippen molar-refractivity contribution in [2.45, 2.75) is 12.8 Å². The van der Waals surface area contributed by atoms with E-state index in [-0.39, 0.29) is 5.91 Å². The lowest BCUT2D eigenvalue weighted by atomic mass is 10.1. The molecule has 21 heavy (non-hydrogen) atoms. The number of aromatic nitrogens is 1. The molecule has 0 bridgehead atoms. The summed E-state index contributed by atoms with van der Waals surface area (Å²) in [5, 5.41) is 2.89. The Balaban J connectivity index is 1.50. The Kier molecular flexibility index (Phi) is 3.96. The fourth-order valence-corrected chi connectivity index (χ4v) is 2.18. The molecule has 3 rings (SSSR count). The zero-order valence-electron chi connectivity index (χ0n) is 11.6. The maximum Gasteiger partial charge on any atom is 0.224 e. The van der Waals surface area contributed by atoms with Crippen molar-refractivity contribution in [2.75, 3.05) is 6.54 Å². The Hall–Kier alpha value is -2.62. The topological polar surface area (TPSA) is 55.1 Å². The molecule has 0 radical (unpaired) electrons. The molecular weight excluding hydrogens is 264 g/mol. The number of benzene rings is 2. The second kappa shape index (κ2) is 6.22. The molecule has 106 valence electrons. The Morgan fingerprint density at radius 1 is 1.05 bits per heavy atom. The minimum Gasteiger partial charge on any atom is -0.441 e. The normalized spacial score (nSPS) is 10.7. The molecule has 3 aromatic rings. The van der Waals surface area contributed by atoms with Crippen molar-refractivity contribution in [3.63, 3.8) is 0 Å². The van der Waals surface area contributed by atoms with Crippen molar-refractivity contribution in [1.82, 2.24) is 10.3 Å². The van der Waals surface area contributed by atoms with E-state index in [0.717, 1.165) is 16.7 Å². The largest absolute Gasteiger partial charge is 0.441 e. The van der Waals surface area contributed by atoms with Crippen molar-refractivity contribution in [3.8, 4) is 0 Å². The van der Waals surface area contributed by atoms with Gasteiger partial charge in [-0.15, -0.1) is 0 Å². The van der Waals surface area contributed by atoms with Crippen LogP contribution in [0.5, 0.6) is 0 Å². The number of carbonyl (C=O) groups is 1. The van der Waals surface area contributed by atoms with Crippen molar-refractivity contribution < 1.29 is 9.21 Å². The first-order valence-corrected chi connectivity index (χ1v) is 6.96. The van der Waals surface area contributed by atoms with Gasteiger partial charge >= 0.3 is 0 Å². The molecule has 0 aliphatic carbocycles. The summed E-state index contributed by atoms with van der Waals surface area (Å²) >= 11 is 0. The number of hydrogen-bond donors (Lipinski definition) is 1. The molecule has 0 spiro atoms. The first-order chi connectivity index (χ1) is 10.3. The van der Waals surface area contributed by atoms with Gasteiger partial charge < -0.3 is 9.73 Å². The van der Waals surface area contributed by atoms with Gasteiger partial charge in [-0.25, -0.2) is 4.98 Å². The van der Waals surface area contributed by atoms with Gasteiger partial charge in [0.1, 0.15) is 5.52 Å². The lowest BCUT2D eigenvalue weighted by Crippen LogP contribution is -2.27. The van der Waals surface area contributed by atoms with E-state index in [1.807, 2.05) is 54.6 Å². The van der Waals surface area contributed by atoms with Gasteiger partial charge in [0.05, 0.1) is 6.42 Å². The number of hydrogen-bond acceptors (Lipinski definition) is 3. The highest BCUT2D eigenvalue weighted by molar-refractivity contribution is 5.78. The minimum absolute atomic E-state index is 0.0114. The summed E-state index contributed by atoms with van der Waals surface area (Å²) in [6.07, 6.45) is 0.990. The van der Waals surface area contributed by atoms with Crippen molar-refractivity contribution in [2.24, 2.45) is 0 Å². The van der Waals surface area contributed by atoms with E-state index in [2.05, 4.69) is 10.3 Å². The van der Waals surface area contributed by atoms with Gasteiger partial charge in [0.2, 0.25) is 5.91 Å². The molecule has 0 aliphatic rings. The summed E-state index contributed by atoms with van der Waals surface area (Å²) < 4.78 is 5.61. The fraction of sp³-hybridized carbons (Fsp3) is 0.176. The molecule has 0 atom stereocenters. The average molecular weight is 280 g/mol. The van der Waals surface area contributed by atoms with Crippen LogP contribution in [0.1, 0.15) is 11.5 Å². The number of nitrogens with zero attached hydrogens (tertiary/aromatic N) is 1. The van der Waals surface area contributed by atoms with Crippen LogP contribution in [-0.4, -0.2) is 17.4 Å². The van der Waals surface area contributed by atoms with E-state index in [9.17, 15) is 4.79 Å². The summed E-state index contributed by atoms with van der Waals surface area (Å²) in [5.41, 5.74) is 2.64. The van der Waals surface area contributed by atoms with Gasteiger partial charge in [0.15, 0.2) is 11.5 Å². The Morgan fingerprint density at radius 2 is 1.81 bits per heavy atom. The monoisotopic (exact) mass is 280 g/mol. The van der Waals surface area contributed by atoms with Crippen LogP contribution in [0.4, 0.5) is 0 Å². The van der Waals surface area contributed by atoms with Crippen LogP contribution in [0.3, 0.4) is 0 Å². The van der Waals surface area contributed by atoms with Crippen molar-refractivity contribution in [3.05, 3.63) is 66.1 Å². The van der Waals surface area contributed by atoms with E-state index < -0.39 is 0 Å². The van der Waals surface area contributed by atoms with Gasteiger partial charge in [0, 0.05) is 13.0 Å². The number of fused-ring (bicyclic) bond motifs is 1. The van der Waals surface area contributed by atoms with Crippen LogP contribution in [0.2, 0.25) is 0 Å². The number of rotatable bonds is 5. The van der Waals surface area contributed by atoms with Gasteiger partial charge in [-0.2, -0.15) is 0 Å². The number of carbonyl (C=O) groups excluding carboxylic acids is 1. The third-order valence-electron chi connectivity index (χ3n) is 3.21. The van der Waals surface area contributed by atoms with Gasteiger partial charge in [0.25, 0.3) is 0 Å². The molecule has 1 aromatic heterocycles. The van der Waals surface area contributed by atoms with Crippen LogP contribution in [0.25, 0.3) is 11.1 Å². The molecular formula is C17H16N2O2. The Bertz CT molecular complexity index is 702. The minimum atomic E-state index is 0.0114. The van der Waals surface area contributed by atoms with Gasteiger partial charge in [-0.1, -0.05) is 42.5 Å². The average Bonchev–Trinajstić information content (AvgIpc) is 2.91. The first-order valence-electron chi connectivity index (χ1n) is 6.96. The number of nitrogens with one attached hydrogen (secondary N) is 1. The molecule has 0 aliphatic heterocycles. The van der Waals surface area contributed by atoms with Gasteiger partial charge in [-0.05, 0) is 17.7 Å². The van der Waals surface area contributed by atoms with Crippen molar-refractivity contribution >= 4 is 17.0 Å². The fourth-order valence-electron chi connectivity index (χ4n) is 2.18. The maximum absolute atomic E-state index is 11.8. The lowest BCUT2D eigenvalue weighted by Gasteiger charge is -2.03. The van der Waals surface area contributed by atoms with Crippen LogP contribution in [-0.2, 0) is 17.6 Å². The van der Waals surface area contributed by atoms with E-state index in [1.165, 1.54) is 0 Å².